The summed E-state index contributed by atoms with van der Waals surface area (Å²) in [6.45, 7) is 7.06. The van der Waals surface area contributed by atoms with Crippen molar-refractivity contribution in [3.63, 3.8) is 0 Å². The van der Waals surface area contributed by atoms with Crippen LogP contribution >= 0.6 is 0 Å². The van der Waals surface area contributed by atoms with Gasteiger partial charge in [0.2, 0.25) is 0 Å². The average Bonchev–Trinajstić information content (AvgIpc) is 2.48. The highest BCUT2D eigenvalue weighted by Gasteiger charge is 2.37. The van der Waals surface area contributed by atoms with Crippen molar-refractivity contribution in [3.05, 3.63) is 29.8 Å². The first-order chi connectivity index (χ1) is 9.70. The highest BCUT2D eigenvalue weighted by molar-refractivity contribution is 5.38. The van der Waals surface area contributed by atoms with Crippen molar-refractivity contribution in [2.24, 2.45) is 11.7 Å². The number of nitrogens with zero attached hydrogens (tertiary/aromatic N) is 2. The van der Waals surface area contributed by atoms with Crippen LogP contribution in [-0.2, 0) is 0 Å². The number of fused-ring (bicyclic) bond motifs is 1. The molecule has 2 aliphatic heterocycles. The standard InChI is InChI=1S/C16H25N3O/c1-12-11-20-15-6-4-3-5-14(15)16(12)19-8-7-18(2)10-13(19)9-17/h3-6,12-13,16H,7-11,17H2,1-2H3. The predicted molar refractivity (Wildman–Crippen MR) is 80.9 cm³/mol. The highest BCUT2D eigenvalue weighted by atomic mass is 16.5. The summed E-state index contributed by atoms with van der Waals surface area (Å²) in [6.07, 6.45) is 0. The largest absolute Gasteiger partial charge is 0.493 e. The van der Waals surface area contributed by atoms with E-state index < -0.39 is 0 Å². The van der Waals surface area contributed by atoms with Crippen LogP contribution in [-0.4, -0.2) is 55.7 Å². The second kappa shape index (κ2) is 5.72. The monoisotopic (exact) mass is 275 g/mol. The molecule has 4 nitrogen and oxygen atoms in total. The van der Waals surface area contributed by atoms with Crippen molar-refractivity contribution < 1.29 is 4.74 Å². The fraction of sp³-hybridized carbons (Fsp3) is 0.625. The van der Waals surface area contributed by atoms with Crippen LogP contribution in [0, 0.1) is 5.92 Å². The van der Waals surface area contributed by atoms with Crippen LogP contribution in [0.15, 0.2) is 24.3 Å². The minimum atomic E-state index is 0.433. The Balaban J connectivity index is 1.92. The van der Waals surface area contributed by atoms with E-state index >= 15 is 0 Å². The molecule has 110 valence electrons. The van der Waals surface area contributed by atoms with Crippen molar-refractivity contribution in [3.8, 4) is 5.75 Å². The fourth-order valence-electron chi connectivity index (χ4n) is 3.58. The number of ether oxygens (including phenoxy) is 1. The summed E-state index contributed by atoms with van der Waals surface area (Å²) in [6, 6.07) is 9.33. The second-order valence-electron chi connectivity index (χ2n) is 6.16. The Bertz CT molecular complexity index is 465. The summed E-state index contributed by atoms with van der Waals surface area (Å²) in [5.74, 6) is 1.55. The van der Waals surface area contributed by atoms with Gasteiger partial charge in [0, 0.05) is 49.7 Å². The van der Waals surface area contributed by atoms with Crippen LogP contribution in [0.3, 0.4) is 0 Å². The molecule has 1 saturated heterocycles. The van der Waals surface area contributed by atoms with Gasteiger partial charge in [0.1, 0.15) is 5.75 Å². The first-order valence-electron chi connectivity index (χ1n) is 7.56. The van der Waals surface area contributed by atoms with E-state index in [-0.39, 0.29) is 0 Å². The Hall–Kier alpha value is -1.10. The summed E-state index contributed by atoms with van der Waals surface area (Å²) >= 11 is 0. The molecule has 1 fully saturated rings. The molecule has 1 aromatic rings. The topological polar surface area (TPSA) is 41.7 Å². The van der Waals surface area contributed by atoms with Crippen LogP contribution in [0.5, 0.6) is 5.75 Å². The van der Waals surface area contributed by atoms with Gasteiger partial charge in [-0.3, -0.25) is 4.90 Å². The van der Waals surface area contributed by atoms with Gasteiger partial charge in [0.15, 0.2) is 0 Å². The van der Waals surface area contributed by atoms with Gasteiger partial charge in [-0.2, -0.15) is 0 Å². The number of hydrogen-bond acceptors (Lipinski definition) is 4. The first-order valence-corrected chi connectivity index (χ1v) is 7.56. The molecule has 0 aromatic heterocycles. The van der Waals surface area contributed by atoms with Crippen LogP contribution < -0.4 is 10.5 Å². The quantitative estimate of drug-likeness (QED) is 0.884. The SMILES string of the molecule is CC1COc2ccccc2C1N1CCN(C)CC1CN. The van der Waals surface area contributed by atoms with Gasteiger partial charge in [-0.1, -0.05) is 25.1 Å². The number of piperazine rings is 1. The van der Waals surface area contributed by atoms with E-state index in [4.69, 9.17) is 10.5 Å². The Labute approximate surface area is 121 Å². The minimum absolute atomic E-state index is 0.433. The van der Waals surface area contributed by atoms with E-state index in [9.17, 15) is 0 Å². The Morgan fingerprint density at radius 1 is 1.30 bits per heavy atom. The summed E-state index contributed by atoms with van der Waals surface area (Å²) < 4.78 is 5.88. The van der Waals surface area contributed by atoms with Crippen molar-refractivity contribution in [1.82, 2.24) is 9.80 Å². The summed E-state index contributed by atoms with van der Waals surface area (Å²) in [5.41, 5.74) is 7.36. The van der Waals surface area contributed by atoms with E-state index in [1.54, 1.807) is 0 Å². The van der Waals surface area contributed by atoms with E-state index in [0.717, 1.165) is 38.5 Å². The van der Waals surface area contributed by atoms with E-state index in [1.165, 1.54) is 5.56 Å². The lowest BCUT2D eigenvalue weighted by atomic mass is 9.89. The van der Waals surface area contributed by atoms with E-state index in [2.05, 4.69) is 48.0 Å². The predicted octanol–water partition coefficient (Wildman–Crippen LogP) is 1.33. The molecule has 2 aliphatic rings. The van der Waals surface area contributed by atoms with Gasteiger partial charge >= 0.3 is 0 Å². The van der Waals surface area contributed by atoms with Crippen LogP contribution in [0.2, 0.25) is 0 Å². The van der Waals surface area contributed by atoms with Gasteiger partial charge in [0.25, 0.3) is 0 Å². The lowest BCUT2D eigenvalue weighted by Gasteiger charge is -2.47. The maximum absolute atomic E-state index is 6.03. The summed E-state index contributed by atoms with van der Waals surface area (Å²) in [7, 11) is 2.18. The van der Waals surface area contributed by atoms with Gasteiger partial charge in [-0.25, -0.2) is 0 Å². The third-order valence-corrected chi connectivity index (χ3v) is 4.64. The zero-order valence-corrected chi connectivity index (χ0v) is 12.5. The zero-order valence-electron chi connectivity index (χ0n) is 12.5. The van der Waals surface area contributed by atoms with Gasteiger partial charge < -0.3 is 15.4 Å². The van der Waals surface area contributed by atoms with E-state index in [0.29, 0.717) is 18.0 Å². The molecule has 0 bridgehead atoms. The Morgan fingerprint density at radius 2 is 2.10 bits per heavy atom. The molecular formula is C16H25N3O. The molecule has 20 heavy (non-hydrogen) atoms. The molecule has 0 aliphatic carbocycles. The van der Waals surface area contributed by atoms with Crippen LogP contribution in [0.1, 0.15) is 18.5 Å². The van der Waals surface area contributed by atoms with Crippen molar-refractivity contribution in [1.29, 1.82) is 0 Å². The third-order valence-electron chi connectivity index (χ3n) is 4.64. The van der Waals surface area contributed by atoms with Crippen molar-refractivity contribution >= 4 is 0 Å². The van der Waals surface area contributed by atoms with Gasteiger partial charge in [0.05, 0.1) is 6.61 Å². The smallest absolute Gasteiger partial charge is 0.124 e. The molecule has 4 heteroatoms. The third kappa shape index (κ3) is 2.43. The molecule has 2 N–H and O–H groups in total. The van der Waals surface area contributed by atoms with Crippen molar-refractivity contribution in [2.45, 2.75) is 19.0 Å². The number of para-hydroxylation sites is 1. The number of hydrogen-bond donors (Lipinski definition) is 1. The fourth-order valence-corrected chi connectivity index (χ4v) is 3.58. The average molecular weight is 275 g/mol. The number of likely N-dealkylation sites (N-methyl/N-ethyl adjacent to an activating group) is 1. The van der Waals surface area contributed by atoms with E-state index in [1.807, 2.05) is 0 Å². The second-order valence-corrected chi connectivity index (χ2v) is 6.16. The van der Waals surface area contributed by atoms with Gasteiger partial charge in [-0.05, 0) is 13.1 Å². The minimum Gasteiger partial charge on any atom is -0.493 e. The summed E-state index contributed by atoms with van der Waals surface area (Å²) in [5, 5.41) is 0. The number of nitrogens with two attached hydrogens (primary N) is 1. The lowest BCUT2D eigenvalue weighted by molar-refractivity contribution is 0.0127. The first kappa shape index (κ1) is 13.9. The highest BCUT2D eigenvalue weighted by Crippen LogP contribution is 2.40. The molecule has 3 atom stereocenters. The number of benzene rings is 1. The molecule has 0 spiro atoms. The normalized spacial score (nSPS) is 31.6. The van der Waals surface area contributed by atoms with Gasteiger partial charge in [-0.15, -0.1) is 0 Å². The molecule has 3 rings (SSSR count). The molecule has 2 heterocycles. The Kier molecular flexibility index (Phi) is 3.96. The maximum atomic E-state index is 6.03. The summed E-state index contributed by atoms with van der Waals surface area (Å²) in [4.78, 5) is 4.98. The Morgan fingerprint density at radius 3 is 2.90 bits per heavy atom. The molecule has 1 aromatic carbocycles. The molecular weight excluding hydrogens is 250 g/mol. The van der Waals surface area contributed by atoms with Crippen LogP contribution in [0.4, 0.5) is 0 Å². The molecule has 3 unspecified atom stereocenters. The van der Waals surface area contributed by atoms with Crippen molar-refractivity contribution in [2.75, 3.05) is 39.8 Å². The lowest BCUT2D eigenvalue weighted by Crippen LogP contribution is -2.57. The molecule has 0 radical (unpaired) electrons. The zero-order chi connectivity index (χ0) is 14.1. The maximum Gasteiger partial charge on any atom is 0.124 e. The molecule has 0 saturated carbocycles. The molecule has 0 amide bonds. The van der Waals surface area contributed by atoms with Crippen LogP contribution in [0.25, 0.3) is 0 Å². The number of rotatable bonds is 2.